The molecular weight excluding hydrogens is 406 g/mol. The lowest BCUT2D eigenvalue weighted by atomic mass is 10.0. The number of piperidine rings is 1. The Hall–Kier alpha value is -3.87. The SMILES string of the molecule is Cc1ccccc1OC1CCN(C(=O)c2ccc(-c3cc(N)ccn3)cc2)CC1.O=CO. The molecule has 2 aromatic carbocycles. The van der Waals surface area contributed by atoms with Crippen LogP contribution in [0.3, 0.4) is 0 Å². The van der Waals surface area contributed by atoms with E-state index in [1.807, 2.05) is 53.4 Å². The number of ether oxygens (including phenoxy) is 1. The van der Waals surface area contributed by atoms with E-state index in [1.54, 1.807) is 12.3 Å². The number of pyridine rings is 1. The van der Waals surface area contributed by atoms with Crippen LogP contribution >= 0.6 is 0 Å². The molecule has 1 aromatic heterocycles. The van der Waals surface area contributed by atoms with Crippen molar-refractivity contribution in [3.8, 4) is 17.0 Å². The van der Waals surface area contributed by atoms with Gasteiger partial charge in [-0.15, -0.1) is 0 Å². The van der Waals surface area contributed by atoms with Gasteiger partial charge in [0.05, 0.1) is 5.69 Å². The molecule has 1 fully saturated rings. The fourth-order valence-corrected chi connectivity index (χ4v) is 3.62. The van der Waals surface area contributed by atoms with E-state index in [0.29, 0.717) is 24.3 Å². The molecule has 0 radical (unpaired) electrons. The van der Waals surface area contributed by atoms with Crippen LogP contribution in [0.4, 0.5) is 5.69 Å². The molecular formula is C25H27N3O4. The van der Waals surface area contributed by atoms with Crippen molar-refractivity contribution in [2.24, 2.45) is 0 Å². The summed E-state index contributed by atoms with van der Waals surface area (Å²) in [6.07, 6.45) is 3.51. The van der Waals surface area contributed by atoms with Crippen molar-refractivity contribution in [3.05, 3.63) is 78.0 Å². The second-order valence-electron chi connectivity index (χ2n) is 7.53. The van der Waals surface area contributed by atoms with Gasteiger partial charge in [0.2, 0.25) is 0 Å². The number of nitrogens with two attached hydrogens (primary N) is 1. The third-order valence-corrected chi connectivity index (χ3v) is 5.33. The summed E-state index contributed by atoms with van der Waals surface area (Å²) in [5, 5.41) is 6.89. The number of aryl methyl sites for hydroxylation is 1. The molecule has 7 nitrogen and oxygen atoms in total. The van der Waals surface area contributed by atoms with Gasteiger partial charge in [0, 0.05) is 48.9 Å². The van der Waals surface area contributed by atoms with Crippen LogP contribution in [0.15, 0.2) is 66.9 Å². The largest absolute Gasteiger partial charge is 0.490 e. The number of nitrogens with zero attached hydrogens (tertiary/aromatic N) is 2. The van der Waals surface area contributed by atoms with Crippen LogP contribution in [0.5, 0.6) is 5.75 Å². The number of rotatable bonds is 4. The highest BCUT2D eigenvalue weighted by Crippen LogP contribution is 2.24. The zero-order valence-corrected chi connectivity index (χ0v) is 18.0. The molecule has 0 atom stereocenters. The minimum atomic E-state index is -0.250. The van der Waals surface area contributed by atoms with Gasteiger partial charge in [-0.1, -0.05) is 30.3 Å². The van der Waals surface area contributed by atoms with E-state index < -0.39 is 0 Å². The summed E-state index contributed by atoms with van der Waals surface area (Å²) in [6.45, 7) is 3.21. The van der Waals surface area contributed by atoms with Crippen LogP contribution in [0.2, 0.25) is 0 Å². The Balaban J connectivity index is 0.000000913. The quantitative estimate of drug-likeness (QED) is 0.602. The second kappa shape index (κ2) is 10.9. The van der Waals surface area contributed by atoms with Crippen molar-refractivity contribution >= 4 is 18.1 Å². The highest BCUT2D eigenvalue weighted by atomic mass is 16.5. The van der Waals surface area contributed by atoms with Gasteiger partial charge in [0.1, 0.15) is 11.9 Å². The van der Waals surface area contributed by atoms with Crippen molar-refractivity contribution < 1.29 is 19.4 Å². The van der Waals surface area contributed by atoms with Gasteiger partial charge in [-0.05, 0) is 42.8 Å². The molecule has 1 aliphatic heterocycles. The van der Waals surface area contributed by atoms with Gasteiger partial charge in [-0.25, -0.2) is 0 Å². The summed E-state index contributed by atoms with van der Waals surface area (Å²) < 4.78 is 6.14. The fourth-order valence-electron chi connectivity index (χ4n) is 3.62. The predicted molar refractivity (Wildman–Crippen MR) is 124 cm³/mol. The Kier molecular flexibility index (Phi) is 7.80. The van der Waals surface area contributed by atoms with Crippen LogP contribution < -0.4 is 10.5 Å². The number of carbonyl (C=O) groups excluding carboxylic acids is 1. The third-order valence-electron chi connectivity index (χ3n) is 5.33. The molecule has 32 heavy (non-hydrogen) atoms. The van der Waals surface area contributed by atoms with E-state index in [-0.39, 0.29) is 18.5 Å². The van der Waals surface area contributed by atoms with Gasteiger partial charge in [0.15, 0.2) is 0 Å². The summed E-state index contributed by atoms with van der Waals surface area (Å²) in [5.41, 5.74) is 10.1. The van der Waals surface area contributed by atoms with E-state index >= 15 is 0 Å². The molecule has 3 N–H and O–H groups in total. The van der Waals surface area contributed by atoms with Gasteiger partial charge < -0.3 is 20.5 Å². The van der Waals surface area contributed by atoms with Crippen molar-refractivity contribution in [2.75, 3.05) is 18.8 Å². The zero-order valence-electron chi connectivity index (χ0n) is 18.0. The molecule has 0 bridgehead atoms. The molecule has 166 valence electrons. The Bertz CT molecular complexity index is 1050. The third kappa shape index (κ3) is 5.85. The Morgan fingerprint density at radius 3 is 2.41 bits per heavy atom. The molecule has 0 aliphatic carbocycles. The summed E-state index contributed by atoms with van der Waals surface area (Å²) in [7, 11) is 0. The first-order chi connectivity index (χ1) is 15.5. The maximum Gasteiger partial charge on any atom is 0.290 e. The number of amides is 1. The number of nitrogen functional groups attached to an aromatic ring is 1. The first-order valence-corrected chi connectivity index (χ1v) is 10.4. The van der Waals surface area contributed by atoms with Gasteiger partial charge >= 0.3 is 0 Å². The molecule has 0 saturated carbocycles. The lowest BCUT2D eigenvalue weighted by Crippen LogP contribution is -2.41. The average molecular weight is 434 g/mol. The number of hydrogen-bond donors (Lipinski definition) is 2. The van der Waals surface area contributed by atoms with E-state index in [9.17, 15) is 4.79 Å². The lowest BCUT2D eigenvalue weighted by Gasteiger charge is -2.32. The Morgan fingerprint density at radius 1 is 1.12 bits per heavy atom. The molecule has 7 heteroatoms. The standard InChI is InChI=1S/C24H25N3O2.CH2O2/c1-17-4-2-3-5-23(17)29-21-11-14-27(15-12-21)24(28)19-8-6-18(7-9-19)22-16-20(25)10-13-26-22;2-1-3/h2-10,13,16,21H,11-12,14-15H2,1H3,(H2,25,26);1H,(H,2,3). The van der Waals surface area contributed by atoms with Crippen LogP contribution in [0.25, 0.3) is 11.3 Å². The molecule has 2 heterocycles. The first-order valence-electron chi connectivity index (χ1n) is 10.4. The smallest absolute Gasteiger partial charge is 0.290 e. The van der Waals surface area contributed by atoms with E-state index in [4.69, 9.17) is 20.4 Å². The van der Waals surface area contributed by atoms with Crippen LogP contribution in [-0.4, -0.2) is 46.6 Å². The molecule has 0 unspecified atom stereocenters. The molecule has 1 saturated heterocycles. The predicted octanol–water partition coefficient (Wildman–Crippen LogP) is 4.02. The van der Waals surface area contributed by atoms with Crippen molar-refractivity contribution in [3.63, 3.8) is 0 Å². The molecule has 0 spiro atoms. The zero-order chi connectivity index (χ0) is 22.9. The minimum absolute atomic E-state index is 0.0615. The van der Waals surface area contributed by atoms with Crippen LogP contribution in [0.1, 0.15) is 28.8 Å². The van der Waals surface area contributed by atoms with E-state index in [2.05, 4.69) is 18.0 Å². The van der Waals surface area contributed by atoms with Crippen molar-refractivity contribution in [1.82, 2.24) is 9.88 Å². The second-order valence-corrected chi connectivity index (χ2v) is 7.53. The first kappa shape index (κ1) is 22.8. The highest BCUT2D eigenvalue weighted by molar-refractivity contribution is 5.94. The number of carbonyl (C=O) groups is 2. The fraction of sp³-hybridized carbons (Fsp3) is 0.240. The van der Waals surface area contributed by atoms with Gasteiger partial charge in [-0.2, -0.15) is 0 Å². The molecule has 1 amide bonds. The molecule has 1 aliphatic rings. The van der Waals surface area contributed by atoms with Crippen molar-refractivity contribution in [1.29, 1.82) is 0 Å². The van der Waals surface area contributed by atoms with Crippen LogP contribution in [0, 0.1) is 6.92 Å². The number of benzene rings is 2. The maximum atomic E-state index is 12.9. The monoisotopic (exact) mass is 433 g/mol. The van der Waals surface area contributed by atoms with Gasteiger partial charge in [0.25, 0.3) is 12.4 Å². The average Bonchev–Trinajstić information content (AvgIpc) is 2.81. The lowest BCUT2D eigenvalue weighted by molar-refractivity contribution is -0.122. The normalized spacial score (nSPS) is 13.6. The molecule has 3 aromatic rings. The van der Waals surface area contributed by atoms with E-state index in [1.165, 1.54) is 0 Å². The summed E-state index contributed by atoms with van der Waals surface area (Å²) >= 11 is 0. The number of carboxylic acid groups (broad SMARTS) is 1. The van der Waals surface area contributed by atoms with Gasteiger partial charge in [-0.3, -0.25) is 14.6 Å². The summed E-state index contributed by atoms with van der Waals surface area (Å²) in [6, 6.07) is 19.2. The summed E-state index contributed by atoms with van der Waals surface area (Å²) in [4.78, 5) is 27.5. The minimum Gasteiger partial charge on any atom is -0.490 e. The number of hydrogen-bond acceptors (Lipinski definition) is 5. The highest BCUT2D eigenvalue weighted by Gasteiger charge is 2.25. The number of aromatic nitrogens is 1. The number of likely N-dealkylation sites (tertiary alicyclic amines) is 1. The van der Waals surface area contributed by atoms with E-state index in [0.717, 1.165) is 35.4 Å². The molecule has 4 rings (SSSR count). The number of para-hydroxylation sites is 1. The Labute approximate surface area is 187 Å². The Morgan fingerprint density at radius 2 is 1.78 bits per heavy atom. The van der Waals surface area contributed by atoms with Crippen LogP contribution in [-0.2, 0) is 4.79 Å². The number of anilines is 1. The summed E-state index contributed by atoms with van der Waals surface area (Å²) in [5.74, 6) is 0.995. The maximum absolute atomic E-state index is 12.9. The van der Waals surface area contributed by atoms with Crippen molar-refractivity contribution in [2.45, 2.75) is 25.9 Å². The topological polar surface area (TPSA) is 106 Å².